The van der Waals surface area contributed by atoms with Gasteiger partial charge in [0.25, 0.3) is 0 Å². The van der Waals surface area contributed by atoms with E-state index in [2.05, 4.69) is 76.7 Å². The molecule has 1 nitrogen and oxygen atoms in total. The molecule has 1 N–H and O–H groups in total. The second kappa shape index (κ2) is 6.17. The van der Waals surface area contributed by atoms with Crippen molar-refractivity contribution in [1.29, 1.82) is 0 Å². The fourth-order valence-electron chi connectivity index (χ4n) is 2.16. The summed E-state index contributed by atoms with van der Waals surface area (Å²) >= 11 is 3.53. The summed E-state index contributed by atoms with van der Waals surface area (Å²) in [5, 5.41) is 3.38. The van der Waals surface area contributed by atoms with Gasteiger partial charge >= 0.3 is 0 Å². The van der Waals surface area contributed by atoms with Crippen LogP contribution in [0.1, 0.15) is 29.7 Å². The number of halogens is 1. The minimum atomic E-state index is 0.244. The first-order valence-electron chi connectivity index (χ1n) is 6.26. The fourth-order valence-corrected chi connectivity index (χ4v) is 2.57. The van der Waals surface area contributed by atoms with Gasteiger partial charge in [-0.3, -0.25) is 0 Å². The first-order valence-corrected chi connectivity index (χ1v) is 7.05. The van der Waals surface area contributed by atoms with E-state index in [0.717, 1.165) is 10.9 Å². The average molecular weight is 304 g/mol. The Bertz CT molecular complexity index is 505. The Balaban J connectivity index is 2.32. The molecule has 0 amide bonds. The molecular formula is C16H18BrN. The molecule has 0 aromatic heterocycles. The number of hydrogen-bond donors (Lipinski definition) is 1. The minimum absolute atomic E-state index is 0.244. The summed E-state index contributed by atoms with van der Waals surface area (Å²) in [5.41, 5.74) is 3.95. The van der Waals surface area contributed by atoms with Crippen LogP contribution in [-0.2, 0) is 6.42 Å². The molecule has 0 aliphatic heterocycles. The molecular weight excluding hydrogens is 286 g/mol. The van der Waals surface area contributed by atoms with Crippen molar-refractivity contribution in [2.45, 2.75) is 19.4 Å². The monoisotopic (exact) mass is 303 g/mol. The molecule has 18 heavy (non-hydrogen) atoms. The van der Waals surface area contributed by atoms with Gasteiger partial charge in [0, 0.05) is 4.47 Å². The minimum Gasteiger partial charge on any atom is -0.309 e. The predicted octanol–water partition coefficient (Wildman–Crippen LogP) is 4.32. The molecule has 94 valence electrons. The van der Waals surface area contributed by atoms with Crippen molar-refractivity contribution in [3.8, 4) is 0 Å². The lowest BCUT2D eigenvalue weighted by Crippen LogP contribution is -2.17. The van der Waals surface area contributed by atoms with Gasteiger partial charge in [-0.05, 0) is 42.3 Å². The fraction of sp³-hybridized carbons (Fsp3) is 0.250. The van der Waals surface area contributed by atoms with Gasteiger partial charge in [0.1, 0.15) is 0 Å². The SMILES string of the molecule is CCc1ccc(C(NC)c2cccc(Br)c2)cc1. The van der Waals surface area contributed by atoms with Crippen molar-refractivity contribution in [3.05, 3.63) is 69.7 Å². The van der Waals surface area contributed by atoms with Crippen LogP contribution in [-0.4, -0.2) is 7.05 Å². The molecule has 1 atom stereocenters. The van der Waals surface area contributed by atoms with E-state index in [1.165, 1.54) is 16.7 Å². The highest BCUT2D eigenvalue weighted by atomic mass is 79.9. The zero-order chi connectivity index (χ0) is 13.0. The lowest BCUT2D eigenvalue weighted by molar-refractivity contribution is 0.691. The zero-order valence-corrected chi connectivity index (χ0v) is 12.4. The number of benzene rings is 2. The van der Waals surface area contributed by atoms with Crippen molar-refractivity contribution >= 4 is 15.9 Å². The van der Waals surface area contributed by atoms with E-state index in [-0.39, 0.29) is 6.04 Å². The summed E-state index contributed by atoms with van der Waals surface area (Å²) in [6.45, 7) is 2.18. The van der Waals surface area contributed by atoms with Gasteiger partial charge in [-0.2, -0.15) is 0 Å². The molecule has 0 heterocycles. The largest absolute Gasteiger partial charge is 0.309 e. The van der Waals surface area contributed by atoms with E-state index in [1.807, 2.05) is 7.05 Å². The Kier molecular flexibility index (Phi) is 4.56. The molecule has 0 saturated carbocycles. The molecule has 1 unspecified atom stereocenters. The van der Waals surface area contributed by atoms with Gasteiger partial charge in [-0.1, -0.05) is 59.3 Å². The Morgan fingerprint density at radius 1 is 1.06 bits per heavy atom. The third-order valence-electron chi connectivity index (χ3n) is 3.19. The van der Waals surface area contributed by atoms with Crippen LogP contribution in [0.3, 0.4) is 0 Å². The van der Waals surface area contributed by atoms with Crippen LogP contribution in [0.5, 0.6) is 0 Å². The Labute approximate surface area is 117 Å². The number of rotatable bonds is 4. The first-order chi connectivity index (χ1) is 8.74. The van der Waals surface area contributed by atoms with Gasteiger partial charge in [0.15, 0.2) is 0 Å². The normalized spacial score (nSPS) is 12.4. The maximum absolute atomic E-state index is 3.53. The highest BCUT2D eigenvalue weighted by Crippen LogP contribution is 2.24. The Morgan fingerprint density at radius 2 is 1.78 bits per heavy atom. The van der Waals surface area contributed by atoms with Crippen molar-refractivity contribution in [2.75, 3.05) is 7.05 Å². The van der Waals surface area contributed by atoms with Crippen molar-refractivity contribution in [2.24, 2.45) is 0 Å². The lowest BCUT2D eigenvalue weighted by atomic mass is 9.97. The van der Waals surface area contributed by atoms with Crippen LogP contribution in [0, 0.1) is 0 Å². The number of aryl methyl sites for hydroxylation is 1. The molecule has 0 radical (unpaired) electrons. The molecule has 0 bridgehead atoms. The number of hydrogen-bond acceptors (Lipinski definition) is 1. The van der Waals surface area contributed by atoms with Crippen LogP contribution in [0.2, 0.25) is 0 Å². The maximum Gasteiger partial charge on any atom is 0.0574 e. The van der Waals surface area contributed by atoms with Crippen LogP contribution in [0.4, 0.5) is 0 Å². The second-order valence-corrected chi connectivity index (χ2v) is 5.29. The van der Waals surface area contributed by atoms with Crippen molar-refractivity contribution < 1.29 is 0 Å². The number of nitrogens with one attached hydrogen (secondary N) is 1. The molecule has 2 rings (SSSR count). The van der Waals surface area contributed by atoms with Crippen LogP contribution in [0.15, 0.2) is 53.0 Å². The molecule has 2 aromatic rings. The van der Waals surface area contributed by atoms with E-state index < -0.39 is 0 Å². The van der Waals surface area contributed by atoms with Gasteiger partial charge in [-0.25, -0.2) is 0 Å². The Hall–Kier alpha value is -1.12. The standard InChI is InChI=1S/C16H18BrN/c1-3-12-7-9-13(10-8-12)16(18-2)14-5-4-6-15(17)11-14/h4-11,16,18H,3H2,1-2H3. The van der Waals surface area contributed by atoms with E-state index in [9.17, 15) is 0 Å². The topological polar surface area (TPSA) is 12.0 Å². The van der Waals surface area contributed by atoms with Gasteiger partial charge in [0.2, 0.25) is 0 Å². The summed E-state index contributed by atoms with van der Waals surface area (Å²) < 4.78 is 1.12. The van der Waals surface area contributed by atoms with E-state index in [1.54, 1.807) is 0 Å². The van der Waals surface area contributed by atoms with Gasteiger partial charge < -0.3 is 5.32 Å². The highest BCUT2D eigenvalue weighted by Gasteiger charge is 2.11. The molecule has 2 aromatic carbocycles. The lowest BCUT2D eigenvalue weighted by Gasteiger charge is -2.18. The summed E-state index contributed by atoms with van der Waals surface area (Å²) in [5.74, 6) is 0. The average Bonchev–Trinajstić information content (AvgIpc) is 2.40. The zero-order valence-electron chi connectivity index (χ0n) is 10.8. The smallest absolute Gasteiger partial charge is 0.0574 e. The third-order valence-corrected chi connectivity index (χ3v) is 3.69. The summed E-state index contributed by atoms with van der Waals surface area (Å²) in [7, 11) is 2.00. The van der Waals surface area contributed by atoms with Gasteiger partial charge in [0.05, 0.1) is 6.04 Å². The van der Waals surface area contributed by atoms with E-state index in [0.29, 0.717) is 0 Å². The summed E-state index contributed by atoms with van der Waals surface area (Å²) in [4.78, 5) is 0. The highest BCUT2D eigenvalue weighted by molar-refractivity contribution is 9.10. The predicted molar refractivity (Wildman–Crippen MR) is 80.9 cm³/mol. The molecule has 0 saturated heterocycles. The quantitative estimate of drug-likeness (QED) is 0.887. The van der Waals surface area contributed by atoms with E-state index in [4.69, 9.17) is 0 Å². The summed E-state index contributed by atoms with van der Waals surface area (Å²) in [6, 6.07) is 17.5. The van der Waals surface area contributed by atoms with Crippen LogP contribution >= 0.6 is 15.9 Å². The molecule has 0 aliphatic rings. The molecule has 2 heteroatoms. The first kappa shape index (κ1) is 13.3. The molecule has 0 aliphatic carbocycles. The Morgan fingerprint density at radius 3 is 2.33 bits per heavy atom. The van der Waals surface area contributed by atoms with Crippen LogP contribution < -0.4 is 5.32 Å². The van der Waals surface area contributed by atoms with Crippen molar-refractivity contribution in [3.63, 3.8) is 0 Å². The summed E-state index contributed by atoms with van der Waals surface area (Å²) in [6.07, 6.45) is 1.08. The molecule has 0 spiro atoms. The second-order valence-electron chi connectivity index (χ2n) is 4.37. The maximum atomic E-state index is 3.53. The van der Waals surface area contributed by atoms with Gasteiger partial charge in [-0.15, -0.1) is 0 Å². The molecule has 0 fully saturated rings. The van der Waals surface area contributed by atoms with Crippen molar-refractivity contribution in [1.82, 2.24) is 5.32 Å². The van der Waals surface area contributed by atoms with E-state index >= 15 is 0 Å². The third kappa shape index (κ3) is 3.01. The van der Waals surface area contributed by atoms with Crippen LogP contribution in [0.25, 0.3) is 0 Å².